The molecule has 0 unspecified atom stereocenters. The van der Waals surface area contributed by atoms with E-state index in [1.165, 1.54) is 0 Å². The highest BCUT2D eigenvalue weighted by atomic mass is 32.1. The Morgan fingerprint density at radius 3 is 2.81 bits per heavy atom. The van der Waals surface area contributed by atoms with Crippen LogP contribution in [0.4, 0.5) is 5.00 Å². The Hall–Kier alpha value is -1.51. The van der Waals surface area contributed by atoms with E-state index in [2.05, 4.69) is 17.1 Å². The lowest BCUT2D eigenvalue weighted by Gasteiger charge is -2.19. The molecule has 4 heterocycles. The third kappa shape index (κ3) is 2.23. The molecular weight excluding hydrogens is 306 g/mol. The Morgan fingerprint density at radius 2 is 2.10 bits per heavy atom. The summed E-state index contributed by atoms with van der Waals surface area (Å²) in [5, 5.41) is 15.1. The molecule has 1 aliphatic heterocycles. The van der Waals surface area contributed by atoms with Gasteiger partial charge in [0, 0.05) is 19.1 Å². The van der Waals surface area contributed by atoms with Gasteiger partial charge in [0.2, 0.25) is 4.96 Å². The van der Waals surface area contributed by atoms with Gasteiger partial charge in [-0.3, -0.25) is 0 Å². The summed E-state index contributed by atoms with van der Waals surface area (Å²) in [6.45, 7) is 3.64. The Bertz CT molecular complexity index is 784. The molecule has 6 nitrogen and oxygen atoms in total. The number of fused-ring (bicyclic) bond motifs is 1. The Kier molecular flexibility index (Phi) is 3.16. The summed E-state index contributed by atoms with van der Waals surface area (Å²) in [5.41, 5.74) is 7.04. The van der Waals surface area contributed by atoms with Gasteiger partial charge < -0.3 is 10.5 Å². The number of anilines is 1. The van der Waals surface area contributed by atoms with Gasteiger partial charge in [0.15, 0.2) is 10.8 Å². The molecule has 2 N–H and O–H groups in total. The molecule has 3 aromatic rings. The molecule has 21 heavy (non-hydrogen) atoms. The molecule has 1 saturated heterocycles. The lowest BCUT2D eigenvalue weighted by molar-refractivity contribution is 0.0832. The maximum Gasteiger partial charge on any atom is 0.235 e. The van der Waals surface area contributed by atoms with E-state index >= 15 is 0 Å². The number of aryl methyl sites for hydroxylation is 1. The normalized spacial score (nSPS) is 16.8. The van der Waals surface area contributed by atoms with Crippen molar-refractivity contribution in [1.82, 2.24) is 19.8 Å². The van der Waals surface area contributed by atoms with Crippen molar-refractivity contribution < 1.29 is 4.74 Å². The van der Waals surface area contributed by atoms with Gasteiger partial charge in [-0.2, -0.15) is 9.61 Å². The lowest BCUT2D eigenvalue weighted by atomic mass is 10.00. The molecule has 0 radical (unpaired) electrons. The van der Waals surface area contributed by atoms with Crippen molar-refractivity contribution in [2.24, 2.45) is 0 Å². The average molecular weight is 321 g/mol. The number of hydrogen-bond acceptors (Lipinski definition) is 7. The van der Waals surface area contributed by atoms with Crippen LogP contribution in [0.5, 0.6) is 0 Å². The van der Waals surface area contributed by atoms with Crippen molar-refractivity contribution >= 4 is 32.6 Å². The minimum atomic E-state index is 0.387. The second-order valence-corrected chi connectivity index (χ2v) is 7.25. The molecule has 110 valence electrons. The van der Waals surface area contributed by atoms with E-state index in [0.29, 0.717) is 5.92 Å². The van der Waals surface area contributed by atoms with E-state index in [0.717, 1.165) is 57.3 Å². The fraction of sp³-hybridized carbons (Fsp3) is 0.462. The number of ether oxygens (including phenoxy) is 1. The van der Waals surface area contributed by atoms with Crippen LogP contribution in [0.15, 0.2) is 6.07 Å². The largest absolute Gasteiger partial charge is 0.391 e. The van der Waals surface area contributed by atoms with Gasteiger partial charge in [-0.15, -0.1) is 21.5 Å². The quantitative estimate of drug-likeness (QED) is 0.785. The maximum absolute atomic E-state index is 5.88. The standard InChI is InChI=1S/C13H15N5OS2/c1-7-6-9(14)20-10(7)12-17-18-11(15-16-13(18)21-12)8-2-4-19-5-3-8/h6,8H,2-5,14H2,1H3. The third-order valence-electron chi connectivity index (χ3n) is 3.73. The Balaban J connectivity index is 1.76. The summed E-state index contributed by atoms with van der Waals surface area (Å²) in [6, 6.07) is 1.99. The summed E-state index contributed by atoms with van der Waals surface area (Å²) >= 11 is 3.14. The minimum absolute atomic E-state index is 0.387. The lowest BCUT2D eigenvalue weighted by Crippen LogP contribution is -2.16. The van der Waals surface area contributed by atoms with E-state index in [9.17, 15) is 0 Å². The summed E-state index contributed by atoms with van der Waals surface area (Å²) in [4.78, 5) is 1.97. The first-order valence-corrected chi connectivity index (χ1v) is 8.52. The van der Waals surface area contributed by atoms with Crippen molar-refractivity contribution in [2.75, 3.05) is 18.9 Å². The summed E-state index contributed by atoms with van der Waals surface area (Å²) in [6.07, 6.45) is 1.97. The van der Waals surface area contributed by atoms with Crippen molar-refractivity contribution in [1.29, 1.82) is 0 Å². The second kappa shape index (κ2) is 5.04. The molecule has 3 aromatic heterocycles. The fourth-order valence-electron chi connectivity index (χ4n) is 2.65. The first-order chi connectivity index (χ1) is 10.2. The molecule has 0 aliphatic carbocycles. The highest BCUT2D eigenvalue weighted by molar-refractivity contribution is 7.25. The predicted octanol–water partition coefficient (Wildman–Crippen LogP) is 2.70. The zero-order chi connectivity index (χ0) is 14.4. The number of nitrogens with zero attached hydrogens (tertiary/aromatic N) is 4. The van der Waals surface area contributed by atoms with Crippen LogP contribution < -0.4 is 5.73 Å². The summed E-state index contributed by atoms with van der Waals surface area (Å²) < 4.78 is 7.31. The van der Waals surface area contributed by atoms with Crippen LogP contribution in [-0.4, -0.2) is 33.0 Å². The Morgan fingerprint density at radius 1 is 1.29 bits per heavy atom. The topological polar surface area (TPSA) is 78.3 Å². The second-order valence-electron chi connectivity index (χ2n) is 5.21. The molecule has 1 fully saturated rings. The predicted molar refractivity (Wildman–Crippen MR) is 83.9 cm³/mol. The molecule has 0 spiro atoms. The average Bonchev–Trinajstić information content (AvgIpc) is 3.13. The van der Waals surface area contributed by atoms with Crippen molar-refractivity contribution in [3.05, 3.63) is 17.5 Å². The zero-order valence-electron chi connectivity index (χ0n) is 11.6. The maximum atomic E-state index is 5.88. The molecule has 0 atom stereocenters. The number of aromatic nitrogens is 4. The first-order valence-electron chi connectivity index (χ1n) is 6.88. The van der Waals surface area contributed by atoms with Gasteiger partial charge in [-0.1, -0.05) is 11.3 Å². The summed E-state index contributed by atoms with van der Waals surface area (Å²) in [5.74, 6) is 1.34. The number of nitrogens with two attached hydrogens (primary N) is 1. The van der Waals surface area contributed by atoms with Gasteiger partial charge in [0.25, 0.3) is 0 Å². The van der Waals surface area contributed by atoms with Gasteiger partial charge in [-0.25, -0.2) is 0 Å². The smallest absolute Gasteiger partial charge is 0.235 e. The number of nitrogen functional groups attached to an aromatic ring is 1. The molecular formula is C13H15N5OS2. The highest BCUT2D eigenvalue weighted by Gasteiger charge is 2.24. The van der Waals surface area contributed by atoms with Crippen molar-refractivity contribution in [3.63, 3.8) is 0 Å². The van der Waals surface area contributed by atoms with Crippen LogP contribution in [-0.2, 0) is 4.74 Å². The minimum Gasteiger partial charge on any atom is -0.391 e. The molecule has 1 aliphatic rings. The molecule has 8 heteroatoms. The van der Waals surface area contributed by atoms with E-state index in [1.807, 2.05) is 10.6 Å². The fourth-order valence-corrected chi connectivity index (χ4v) is 4.57. The van der Waals surface area contributed by atoms with Crippen molar-refractivity contribution in [3.8, 4) is 9.88 Å². The van der Waals surface area contributed by atoms with Gasteiger partial charge in [0.1, 0.15) is 0 Å². The van der Waals surface area contributed by atoms with Crippen LogP contribution in [0.3, 0.4) is 0 Å². The van der Waals surface area contributed by atoms with Gasteiger partial charge in [-0.05, 0) is 31.4 Å². The third-order valence-corrected chi connectivity index (χ3v) is 5.85. The van der Waals surface area contributed by atoms with Gasteiger partial charge in [0.05, 0.1) is 9.88 Å². The van der Waals surface area contributed by atoms with E-state index in [4.69, 9.17) is 15.6 Å². The van der Waals surface area contributed by atoms with E-state index in [1.54, 1.807) is 22.7 Å². The van der Waals surface area contributed by atoms with Crippen LogP contribution in [0, 0.1) is 6.92 Å². The van der Waals surface area contributed by atoms with Crippen molar-refractivity contribution in [2.45, 2.75) is 25.7 Å². The monoisotopic (exact) mass is 321 g/mol. The zero-order valence-corrected chi connectivity index (χ0v) is 13.2. The van der Waals surface area contributed by atoms with Crippen LogP contribution >= 0.6 is 22.7 Å². The van der Waals surface area contributed by atoms with E-state index in [-0.39, 0.29) is 0 Å². The van der Waals surface area contributed by atoms with Crippen LogP contribution in [0.2, 0.25) is 0 Å². The number of thiophene rings is 1. The SMILES string of the molecule is Cc1cc(N)sc1-c1nn2c(C3CCOCC3)nnc2s1. The van der Waals surface area contributed by atoms with Crippen LogP contribution in [0.1, 0.15) is 30.1 Å². The van der Waals surface area contributed by atoms with Crippen LogP contribution in [0.25, 0.3) is 14.8 Å². The molecule has 0 saturated carbocycles. The van der Waals surface area contributed by atoms with Gasteiger partial charge >= 0.3 is 0 Å². The molecule has 0 amide bonds. The molecule has 0 bridgehead atoms. The molecule has 0 aromatic carbocycles. The number of hydrogen-bond donors (Lipinski definition) is 1. The molecule has 4 rings (SSSR count). The Labute approximate surface area is 129 Å². The highest BCUT2D eigenvalue weighted by Crippen LogP contribution is 2.37. The first kappa shape index (κ1) is 13.2. The summed E-state index contributed by atoms with van der Waals surface area (Å²) in [7, 11) is 0. The number of rotatable bonds is 2. The van der Waals surface area contributed by atoms with E-state index < -0.39 is 0 Å².